The van der Waals surface area contributed by atoms with Gasteiger partial charge in [-0.3, -0.25) is 4.90 Å². The number of anilines is 2. The summed E-state index contributed by atoms with van der Waals surface area (Å²) in [6, 6.07) is 17.2. The molecule has 0 saturated carbocycles. The Morgan fingerprint density at radius 2 is 1.35 bits per heavy atom. The quantitative estimate of drug-likeness (QED) is 0.826. The van der Waals surface area contributed by atoms with E-state index in [1.54, 1.807) is 48.5 Å². The predicted molar refractivity (Wildman–Crippen MR) is 83.4 cm³/mol. The van der Waals surface area contributed by atoms with Crippen molar-refractivity contribution >= 4 is 17.4 Å². The summed E-state index contributed by atoms with van der Waals surface area (Å²) in [4.78, 5) is 13.8. The number of hydrogen-bond donors (Lipinski definition) is 1. The molecule has 2 aromatic carbocycles. The molecule has 0 heterocycles. The third-order valence-corrected chi connectivity index (χ3v) is 3.06. The predicted octanol–water partition coefficient (Wildman–Crippen LogP) is 5.00. The molecule has 0 aliphatic heterocycles. The van der Waals surface area contributed by atoms with Gasteiger partial charge in [0, 0.05) is 13.0 Å². The van der Waals surface area contributed by atoms with Gasteiger partial charge in [-0.15, -0.1) is 0 Å². The maximum absolute atomic E-state index is 12.8. The van der Waals surface area contributed by atoms with Crippen molar-refractivity contribution < 1.29 is 18.0 Å². The number of halogens is 3. The van der Waals surface area contributed by atoms with Crippen molar-refractivity contribution in [2.45, 2.75) is 6.42 Å². The van der Waals surface area contributed by atoms with Crippen LogP contribution < -0.4 is 10.2 Å². The Bertz CT molecular complexity index is 631. The van der Waals surface area contributed by atoms with E-state index in [-0.39, 0.29) is 6.54 Å². The number of nitrogens with zero attached hydrogens (tertiary/aromatic N) is 1. The highest BCUT2D eigenvalue weighted by molar-refractivity contribution is 5.99. The molecule has 6 heteroatoms. The zero-order valence-corrected chi connectivity index (χ0v) is 12.2. The second-order valence-corrected chi connectivity index (χ2v) is 4.65. The molecule has 2 amide bonds. The van der Waals surface area contributed by atoms with Gasteiger partial charge in [0.25, 0.3) is 0 Å². The molecule has 2 aromatic rings. The summed E-state index contributed by atoms with van der Waals surface area (Å²) in [5, 5.41) is 2.44. The molecule has 1 N–H and O–H groups in total. The topological polar surface area (TPSA) is 32.3 Å². The van der Waals surface area contributed by atoms with Crippen LogP contribution >= 0.6 is 0 Å². The molecule has 0 radical (unpaired) electrons. The Balaban J connectivity index is 2.15. The number of carbonyl (C=O) groups excluding carboxylic acids is 1. The van der Waals surface area contributed by atoms with Gasteiger partial charge in [-0.05, 0) is 24.3 Å². The van der Waals surface area contributed by atoms with Crippen LogP contribution in [0.3, 0.4) is 0 Å². The molecule has 0 spiro atoms. The molecule has 120 valence electrons. The van der Waals surface area contributed by atoms with Gasteiger partial charge in [-0.2, -0.15) is 8.78 Å². The molecule has 0 fully saturated rings. The Kier molecular flexibility index (Phi) is 5.80. The maximum Gasteiger partial charge on any atom is 0.326 e. The highest BCUT2D eigenvalue weighted by atomic mass is 19.3. The van der Waals surface area contributed by atoms with Crippen molar-refractivity contribution in [2.24, 2.45) is 0 Å². The normalized spacial score (nSPS) is 10.0. The van der Waals surface area contributed by atoms with E-state index in [1.165, 1.54) is 4.90 Å². The zero-order chi connectivity index (χ0) is 16.7. The minimum atomic E-state index is -2.36. The average molecular weight is 320 g/mol. The lowest BCUT2D eigenvalue weighted by Crippen LogP contribution is -2.37. The number of benzene rings is 2. The van der Waals surface area contributed by atoms with Crippen LogP contribution in [0.15, 0.2) is 72.6 Å². The smallest absolute Gasteiger partial charge is 0.326 e. The van der Waals surface area contributed by atoms with Gasteiger partial charge in [0.15, 0.2) is 5.83 Å². The third kappa shape index (κ3) is 4.60. The van der Waals surface area contributed by atoms with Crippen molar-refractivity contribution in [3.8, 4) is 0 Å². The lowest BCUT2D eigenvalue weighted by molar-refractivity contribution is 0.248. The molecule has 0 aliphatic carbocycles. The highest BCUT2D eigenvalue weighted by Crippen LogP contribution is 2.24. The van der Waals surface area contributed by atoms with Crippen LogP contribution in [0.5, 0.6) is 0 Å². The molecule has 0 saturated heterocycles. The van der Waals surface area contributed by atoms with Crippen LogP contribution in [0.25, 0.3) is 0 Å². The van der Waals surface area contributed by atoms with Crippen LogP contribution in [0.2, 0.25) is 0 Å². The van der Waals surface area contributed by atoms with Gasteiger partial charge >= 0.3 is 12.1 Å². The zero-order valence-electron chi connectivity index (χ0n) is 12.2. The summed E-state index contributed by atoms with van der Waals surface area (Å²) in [7, 11) is 0. The number of carbonyl (C=O) groups is 1. The fourth-order valence-corrected chi connectivity index (χ4v) is 1.99. The lowest BCUT2D eigenvalue weighted by atomic mass is 10.2. The summed E-state index contributed by atoms with van der Waals surface area (Å²) in [6.45, 7) is -0.224. The van der Waals surface area contributed by atoms with Gasteiger partial charge in [0.1, 0.15) is 0 Å². The largest absolute Gasteiger partial charge is 0.337 e. The first-order valence-corrected chi connectivity index (χ1v) is 6.97. The summed E-state index contributed by atoms with van der Waals surface area (Å²) in [6.07, 6.45) is -2.91. The van der Waals surface area contributed by atoms with Crippen molar-refractivity contribution in [1.82, 2.24) is 5.32 Å². The summed E-state index contributed by atoms with van der Waals surface area (Å²) < 4.78 is 36.8. The van der Waals surface area contributed by atoms with Crippen LogP contribution in [-0.2, 0) is 0 Å². The van der Waals surface area contributed by atoms with Crippen LogP contribution in [0, 0.1) is 0 Å². The molecule has 0 aromatic heterocycles. The number of urea groups is 1. The minimum Gasteiger partial charge on any atom is -0.337 e. The van der Waals surface area contributed by atoms with Gasteiger partial charge in [-0.25, -0.2) is 9.18 Å². The third-order valence-electron chi connectivity index (χ3n) is 3.06. The number of nitrogens with one attached hydrogen (secondary N) is 1. The van der Waals surface area contributed by atoms with E-state index in [0.717, 1.165) is 0 Å². The molecule has 0 aliphatic rings. The van der Waals surface area contributed by atoms with Gasteiger partial charge < -0.3 is 5.32 Å². The standard InChI is InChI=1S/C17H15F3N2O/c18-15(16(19)20)11-12-21-17(23)22(13-7-3-1-4-8-13)14-9-5-2-6-10-14/h1-10H,11-12H2,(H,21,23). The van der Waals surface area contributed by atoms with Crippen LogP contribution in [0.4, 0.5) is 29.3 Å². The van der Waals surface area contributed by atoms with Gasteiger partial charge in [-0.1, -0.05) is 36.4 Å². The summed E-state index contributed by atoms with van der Waals surface area (Å²) in [5.74, 6) is -1.52. The van der Waals surface area contributed by atoms with E-state index >= 15 is 0 Å². The van der Waals surface area contributed by atoms with E-state index in [9.17, 15) is 18.0 Å². The minimum absolute atomic E-state index is 0.224. The van der Waals surface area contributed by atoms with Crippen molar-refractivity contribution in [3.05, 3.63) is 72.6 Å². The number of amides is 2. The summed E-state index contributed by atoms with van der Waals surface area (Å²) in [5.41, 5.74) is 1.23. The second kappa shape index (κ2) is 8.03. The van der Waals surface area contributed by atoms with Crippen molar-refractivity contribution in [3.63, 3.8) is 0 Å². The number of rotatable bonds is 5. The van der Waals surface area contributed by atoms with E-state index in [4.69, 9.17) is 0 Å². The number of para-hydroxylation sites is 2. The lowest BCUT2D eigenvalue weighted by Gasteiger charge is -2.23. The Hall–Kier alpha value is -2.76. The van der Waals surface area contributed by atoms with Crippen LogP contribution in [-0.4, -0.2) is 12.6 Å². The van der Waals surface area contributed by atoms with E-state index < -0.39 is 24.4 Å². The second-order valence-electron chi connectivity index (χ2n) is 4.65. The van der Waals surface area contributed by atoms with E-state index in [2.05, 4.69) is 5.32 Å². The molecular formula is C17H15F3N2O. The Morgan fingerprint density at radius 1 is 0.870 bits per heavy atom. The maximum atomic E-state index is 12.8. The first kappa shape index (κ1) is 16.6. The summed E-state index contributed by atoms with van der Waals surface area (Å²) >= 11 is 0. The van der Waals surface area contributed by atoms with Crippen molar-refractivity contribution in [1.29, 1.82) is 0 Å². The first-order chi connectivity index (χ1) is 11.1. The highest BCUT2D eigenvalue weighted by Gasteiger charge is 2.17. The Labute approximate surface area is 132 Å². The monoisotopic (exact) mass is 320 g/mol. The Morgan fingerprint density at radius 3 is 1.78 bits per heavy atom. The van der Waals surface area contributed by atoms with Crippen molar-refractivity contribution in [2.75, 3.05) is 11.4 Å². The molecule has 3 nitrogen and oxygen atoms in total. The first-order valence-electron chi connectivity index (χ1n) is 6.97. The molecule has 0 unspecified atom stereocenters. The van der Waals surface area contributed by atoms with E-state index in [1.807, 2.05) is 12.1 Å². The average Bonchev–Trinajstić information content (AvgIpc) is 2.57. The van der Waals surface area contributed by atoms with Gasteiger partial charge in [0.05, 0.1) is 11.4 Å². The molecule has 2 rings (SSSR count). The molecule has 0 atom stereocenters. The SMILES string of the molecule is O=C(NCCC(F)=C(F)F)N(c1ccccc1)c1ccccc1. The fourth-order valence-electron chi connectivity index (χ4n) is 1.99. The van der Waals surface area contributed by atoms with E-state index in [0.29, 0.717) is 11.4 Å². The molecule has 23 heavy (non-hydrogen) atoms. The van der Waals surface area contributed by atoms with Gasteiger partial charge in [0.2, 0.25) is 0 Å². The molecular weight excluding hydrogens is 305 g/mol. The number of hydrogen-bond acceptors (Lipinski definition) is 1. The van der Waals surface area contributed by atoms with Crippen LogP contribution in [0.1, 0.15) is 6.42 Å². The fraction of sp³-hybridized carbons (Fsp3) is 0.118. The molecule has 0 bridgehead atoms.